The molecule has 1 saturated heterocycles. The summed E-state index contributed by atoms with van der Waals surface area (Å²) >= 11 is 0. The molecule has 1 aromatic carbocycles. The molecule has 0 spiro atoms. The Morgan fingerprint density at radius 3 is 2.81 bits per heavy atom. The zero-order valence-corrected chi connectivity index (χ0v) is 13.0. The minimum absolute atomic E-state index is 0.0253. The standard InChI is InChI=1S/C16H25FN2O2/c1-11(2)19-6-7-20-14(9-19)10-21-13-4-5-15(12(3)18)16(17)8-13/h4-5,8,11-12,14H,6-7,9-10,18H2,1-3H3/t12-,14?/m0/s1. The molecule has 0 aromatic heterocycles. The molecule has 1 aliphatic rings. The number of morpholine rings is 1. The minimum atomic E-state index is -0.323. The van der Waals surface area contributed by atoms with Gasteiger partial charge in [0.1, 0.15) is 24.3 Å². The second-order valence-electron chi connectivity index (χ2n) is 5.86. The van der Waals surface area contributed by atoms with Crippen molar-refractivity contribution >= 4 is 0 Å². The fourth-order valence-electron chi connectivity index (χ4n) is 2.47. The van der Waals surface area contributed by atoms with Crippen LogP contribution in [0.1, 0.15) is 32.4 Å². The quantitative estimate of drug-likeness (QED) is 0.906. The highest BCUT2D eigenvalue weighted by Crippen LogP contribution is 2.21. The van der Waals surface area contributed by atoms with Gasteiger partial charge < -0.3 is 15.2 Å². The van der Waals surface area contributed by atoms with Crippen molar-refractivity contribution in [1.29, 1.82) is 0 Å². The smallest absolute Gasteiger partial charge is 0.131 e. The van der Waals surface area contributed by atoms with Crippen molar-refractivity contribution in [3.05, 3.63) is 29.6 Å². The second kappa shape index (κ2) is 7.20. The number of hydrogen-bond acceptors (Lipinski definition) is 4. The molecule has 0 amide bonds. The molecule has 1 unspecified atom stereocenters. The van der Waals surface area contributed by atoms with E-state index in [2.05, 4.69) is 18.7 Å². The van der Waals surface area contributed by atoms with E-state index in [4.69, 9.17) is 15.2 Å². The van der Waals surface area contributed by atoms with Crippen LogP contribution in [0.5, 0.6) is 5.75 Å². The van der Waals surface area contributed by atoms with E-state index in [-0.39, 0.29) is 18.0 Å². The van der Waals surface area contributed by atoms with Gasteiger partial charge in [-0.25, -0.2) is 4.39 Å². The largest absolute Gasteiger partial charge is 0.491 e. The van der Waals surface area contributed by atoms with Gasteiger partial charge in [-0.2, -0.15) is 0 Å². The van der Waals surface area contributed by atoms with Gasteiger partial charge in [-0.3, -0.25) is 4.90 Å². The molecule has 2 rings (SSSR count). The third kappa shape index (κ3) is 4.40. The topological polar surface area (TPSA) is 47.7 Å². The van der Waals surface area contributed by atoms with Crippen LogP contribution in [0.4, 0.5) is 4.39 Å². The van der Waals surface area contributed by atoms with Gasteiger partial charge in [-0.05, 0) is 26.8 Å². The summed E-state index contributed by atoms with van der Waals surface area (Å²) in [5.74, 6) is 0.193. The van der Waals surface area contributed by atoms with E-state index in [0.29, 0.717) is 30.6 Å². The van der Waals surface area contributed by atoms with Crippen molar-refractivity contribution in [3.8, 4) is 5.75 Å². The summed E-state index contributed by atoms with van der Waals surface area (Å²) in [6.45, 7) is 9.04. The van der Waals surface area contributed by atoms with Gasteiger partial charge in [0.25, 0.3) is 0 Å². The lowest BCUT2D eigenvalue weighted by Gasteiger charge is -2.35. The van der Waals surface area contributed by atoms with Crippen LogP contribution in [0.25, 0.3) is 0 Å². The Balaban J connectivity index is 1.89. The molecule has 2 atom stereocenters. The molecule has 1 aliphatic heterocycles. The highest BCUT2D eigenvalue weighted by molar-refractivity contribution is 5.30. The third-order valence-electron chi connectivity index (χ3n) is 3.80. The third-order valence-corrected chi connectivity index (χ3v) is 3.80. The van der Waals surface area contributed by atoms with Crippen LogP contribution in [0.3, 0.4) is 0 Å². The van der Waals surface area contributed by atoms with Crippen LogP contribution in [0.2, 0.25) is 0 Å². The van der Waals surface area contributed by atoms with E-state index in [1.807, 2.05) is 0 Å². The van der Waals surface area contributed by atoms with Gasteiger partial charge in [0.15, 0.2) is 0 Å². The first-order chi connectivity index (χ1) is 9.97. The Morgan fingerprint density at radius 2 is 2.19 bits per heavy atom. The van der Waals surface area contributed by atoms with Crippen molar-refractivity contribution < 1.29 is 13.9 Å². The average molecular weight is 296 g/mol. The van der Waals surface area contributed by atoms with Crippen molar-refractivity contribution in [2.45, 2.75) is 39.0 Å². The summed E-state index contributed by atoms with van der Waals surface area (Å²) in [4.78, 5) is 2.36. The molecule has 2 N–H and O–H groups in total. The Kier molecular flexibility index (Phi) is 5.56. The zero-order valence-electron chi connectivity index (χ0n) is 13.0. The minimum Gasteiger partial charge on any atom is -0.491 e. The van der Waals surface area contributed by atoms with Crippen LogP contribution < -0.4 is 10.5 Å². The Hall–Kier alpha value is -1.17. The molecule has 5 heteroatoms. The Bertz CT molecular complexity index is 466. The second-order valence-corrected chi connectivity index (χ2v) is 5.86. The molecule has 1 fully saturated rings. The van der Waals surface area contributed by atoms with E-state index in [1.165, 1.54) is 6.07 Å². The molecular weight excluding hydrogens is 271 g/mol. The maximum atomic E-state index is 13.8. The molecule has 118 valence electrons. The van der Waals surface area contributed by atoms with Crippen LogP contribution in [-0.2, 0) is 4.74 Å². The lowest BCUT2D eigenvalue weighted by atomic mass is 10.1. The average Bonchev–Trinajstić information content (AvgIpc) is 2.45. The fourth-order valence-corrected chi connectivity index (χ4v) is 2.47. The van der Waals surface area contributed by atoms with Gasteiger partial charge in [-0.1, -0.05) is 6.07 Å². The van der Waals surface area contributed by atoms with Gasteiger partial charge in [-0.15, -0.1) is 0 Å². The summed E-state index contributed by atoms with van der Waals surface area (Å²) in [5, 5.41) is 0. The predicted octanol–water partition coefficient (Wildman–Crippen LogP) is 2.33. The summed E-state index contributed by atoms with van der Waals surface area (Å²) in [7, 11) is 0. The molecule has 0 bridgehead atoms. The van der Waals surface area contributed by atoms with Crippen LogP contribution in [0, 0.1) is 5.82 Å². The van der Waals surface area contributed by atoms with Crippen LogP contribution in [-0.4, -0.2) is 43.3 Å². The maximum Gasteiger partial charge on any atom is 0.131 e. The normalized spacial score (nSPS) is 21.5. The molecule has 1 heterocycles. The van der Waals surface area contributed by atoms with Gasteiger partial charge in [0.05, 0.1) is 6.61 Å². The van der Waals surface area contributed by atoms with E-state index in [9.17, 15) is 4.39 Å². The molecule has 1 aromatic rings. The van der Waals surface area contributed by atoms with Gasteiger partial charge >= 0.3 is 0 Å². The maximum absolute atomic E-state index is 13.8. The van der Waals surface area contributed by atoms with E-state index < -0.39 is 0 Å². The summed E-state index contributed by atoms with van der Waals surface area (Å²) in [5.41, 5.74) is 6.19. The van der Waals surface area contributed by atoms with Crippen LogP contribution >= 0.6 is 0 Å². The highest BCUT2D eigenvalue weighted by atomic mass is 19.1. The summed E-state index contributed by atoms with van der Waals surface area (Å²) < 4.78 is 25.2. The van der Waals surface area contributed by atoms with Crippen molar-refractivity contribution in [1.82, 2.24) is 4.90 Å². The molecule has 0 saturated carbocycles. The van der Waals surface area contributed by atoms with E-state index in [1.54, 1.807) is 19.1 Å². The molecular formula is C16H25FN2O2. The number of rotatable bonds is 5. The first kappa shape index (κ1) is 16.2. The number of benzene rings is 1. The monoisotopic (exact) mass is 296 g/mol. The number of nitrogens with two attached hydrogens (primary N) is 1. The van der Waals surface area contributed by atoms with Crippen molar-refractivity contribution in [3.63, 3.8) is 0 Å². The first-order valence-electron chi connectivity index (χ1n) is 7.51. The summed E-state index contributed by atoms with van der Waals surface area (Å²) in [6.07, 6.45) is 0.0253. The van der Waals surface area contributed by atoms with Crippen molar-refractivity contribution in [2.24, 2.45) is 5.73 Å². The van der Waals surface area contributed by atoms with Gasteiger partial charge in [0, 0.05) is 36.8 Å². The number of halogens is 1. The lowest BCUT2D eigenvalue weighted by molar-refractivity contribution is -0.0564. The Labute approximate surface area is 126 Å². The molecule has 0 radical (unpaired) electrons. The number of nitrogens with zero attached hydrogens (tertiary/aromatic N) is 1. The van der Waals surface area contributed by atoms with Crippen LogP contribution in [0.15, 0.2) is 18.2 Å². The van der Waals surface area contributed by atoms with E-state index >= 15 is 0 Å². The lowest BCUT2D eigenvalue weighted by Crippen LogP contribution is -2.47. The zero-order chi connectivity index (χ0) is 15.4. The SMILES string of the molecule is CC(C)N1CCOC(COc2ccc([C@H](C)N)c(F)c2)C1. The molecule has 0 aliphatic carbocycles. The molecule has 4 nitrogen and oxygen atoms in total. The Morgan fingerprint density at radius 1 is 1.43 bits per heavy atom. The van der Waals surface area contributed by atoms with E-state index in [0.717, 1.165) is 13.1 Å². The molecule has 21 heavy (non-hydrogen) atoms. The highest BCUT2D eigenvalue weighted by Gasteiger charge is 2.22. The fraction of sp³-hybridized carbons (Fsp3) is 0.625. The number of ether oxygens (including phenoxy) is 2. The first-order valence-corrected chi connectivity index (χ1v) is 7.51. The predicted molar refractivity (Wildman–Crippen MR) is 80.9 cm³/mol. The summed E-state index contributed by atoms with van der Waals surface area (Å²) in [6, 6.07) is 5.00. The van der Waals surface area contributed by atoms with Crippen molar-refractivity contribution in [2.75, 3.05) is 26.3 Å². The van der Waals surface area contributed by atoms with Gasteiger partial charge in [0.2, 0.25) is 0 Å². The number of hydrogen-bond donors (Lipinski definition) is 1.